The number of carbonyl (C=O) groups excluding carboxylic acids is 1. The van der Waals surface area contributed by atoms with E-state index in [4.69, 9.17) is 20.9 Å². The number of carbonyl (C=O) groups is 1. The van der Waals surface area contributed by atoms with Crippen molar-refractivity contribution >= 4 is 29.1 Å². The Hall–Kier alpha value is -2.41. The molecule has 134 valence electrons. The van der Waals surface area contributed by atoms with Crippen molar-refractivity contribution < 1.29 is 14.1 Å². The molecule has 2 heterocycles. The summed E-state index contributed by atoms with van der Waals surface area (Å²) in [7, 11) is 1.63. The maximum Gasteiger partial charge on any atom is 0.323 e. The number of nitrogens with one attached hydrogen (secondary N) is 1. The standard InChI is InChI=1S/C17H21ClN4O3/c1-11-8-14(15(24-3)10-13(11)18)21-4-6-22(7-5-21)17(23)19-16-9-12(2)25-20-16/h8-10H,4-7H2,1-3H3,(H,19,20,23). The minimum absolute atomic E-state index is 0.174. The second-order valence-corrected chi connectivity index (χ2v) is 6.41. The van der Waals surface area contributed by atoms with Crippen LogP contribution in [0, 0.1) is 13.8 Å². The van der Waals surface area contributed by atoms with Crippen LogP contribution in [0.2, 0.25) is 5.02 Å². The number of urea groups is 1. The third kappa shape index (κ3) is 3.82. The molecule has 0 aliphatic carbocycles. The van der Waals surface area contributed by atoms with Gasteiger partial charge in [-0.05, 0) is 25.5 Å². The molecule has 0 saturated carbocycles. The van der Waals surface area contributed by atoms with Crippen LogP contribution < -0.4 is 15.0 Å². The number of piperazine rings is 1. The Bertz CT molecular complexity index is 769. The highest BCUT2D eigenvalue weighted by atomic mass is 35.5. The quantitative estimate of drug-likeness (QED) is 0.904. The van der Waals surface area contributed by atoms with Crippen molar-refractivity contribution in [2.75, 3.05) is 43.5 Å². The van der Waals surface area contributed by atoms with Crippen molar-refractivity contribution in [1.29, 1.82) is 0 Å². The molecule has 25 heavy (non-hydrogen) atoms. The van der Waals surface area contributed by atoms with Gasteiger partial charge in [-0.3, -0.25) is 5.32 Å². The fourth-order valence-electron chi connectivity index (χ4n) is 2.82. The van der Waals surface area contributed by atoms with Gasteiger partial charge in [0.25, 0.3) is 0 Å². The van der Waals surface area contributed by atoms with E-state index in [1.54, 1.807) is 25.0 Å². The number of anilines is 2. The Kier molecular flexibility index (Phi) is 5.03. The van der Waals surface area contributed by atoms with Crippen LogP contribution in [0.5, 0.6) is 5.75 Å². The van der Waals surface area contributed by atoms with Crippen molar-refractivity contribution in [3.8, 4) is 5.75 Å². The molecule has 1 saturated heterocycles. The highest BCUT2D eigenvalue weighted by molar-refractivity contribution is 6.31. The summed E-state index contributed by atoms with van der Waals surface area (Å²) < 4.78 is 10.4. The molecule has 0 atom stereocenters. The normalized spacial score (nSPS) is 14.6. The molecule has 1 aromatic carbocycles. The lowest BCUT2D eigenvalue weighted by Gasteiger charge is -2.36. The van der Waals surface area contributed by atoms with E-state index in [0.29, 0.717) is 42.8 Å². The third-order valence-corrected chi connectivity index (χ3v) is 4.64. The van der Waals surface area contributed by atoms with Crippen molar-refractivity contribution in [3.05, 3.63) is 34.5 Å². The Morgan fingerprint density at radius 3 is 2.56 bits per heavy atom. The van der Waals surface area contributed by atoms with Gasteiger partial charge in [0.15, 0.2) is 5.82 Å². The van der Waals surface area contributed by atoms with Gasteiger partial charge in [-0.15, -0.1) is 0 Å². The molecule has 8 heteroatoms. The first-order valence-electron chi connectivity index (χ1n) is 8.06. The van der Waals surface area contributed by atoms with E-state index in [1.807, 2.05) is 19.1 Å². The number of benzene rings is 1. The van der Waals surface area contributed by atoms with E-state index in [0.717, 1.165) is 17.0 Å². The lowest BCUT2D eigenvalue weighted by Crippen LogP contribution is -2.50. The van der Waals surface area contributed by atoms with Gasteiger partial charge < -0.3 is 19.1 Å². The van der Waals surface area contributed by atoms with Gasteiger partial charge in [-0.2, -0.15) is 0 Å². The molecule has 7 nitrogen and oxygen atoms in total. The van der Waals surface area contributed by atoms with E-state index < -0.39 is 0 Å². The molecule has 0 unspecified atom stereocenters. The molecule has 2 amide bonds. The van der Waals surface area contributed by atoms with Gasteiger partial charge in [0, 0.05) is 43.3 Å². The third-order valence-electron chi connectivity index (χ3n) is 4.23. The molecule has 0 spiro atoms. The zero-order valence-electron chi connectivity index (χ0n) is 14.5. The van der Waals surface area contributed by atoms with Gasteiger partial charge in [0.1, 0.15) is 11.5 Å². The minimum Gasteiger partial charge on any atom is -0.495 e. The average molecular weight is 365 g/mol. The summed E-state index contributed by atoms with van der Waals surface area (Å²) in [5.74, 6) is 1.83. The molecule has 1 N–H and O–H groups in total. The van der Waals surface area contributed by atoms with Gasteiger partial charge in [-0.1, -0.05) is 16.8 Å². The molecule has 0 radical (unpaired) electrons. The van der Waals surface area contributed by atoms with E-state index in [-0.39, 0.29) is 6.03 Å². The number of amides is 2. The lowest BCUT2D eigenvalue weighted by atomic mass is 10.1. The summed E-state index contributed by atoms with van der Waals surface area (Å²) in [5, 5.41) is 7.21. The topological polar surface area (TPSA) is 70.8 Å². The van der Waals surface area contributed by atoms with Crippen molar-refractivity contribution in [2.45, 2.75) is 13.8 Å². The number of nitrogens with zero attached hydrogens (tertiary/aromatic N) is 3. The summed E-state index contributed by atoms with van der Waals surface area (Å²) in [6, 6.07) is 5.37. The number of hydrogen-bond acceptors (Lipinski definition) is 5. The van der Waals surface area contributed by atoms with Crippen LogP contribution in [-0.4, -0.2) is 49.4 Å². The Morgan fingerprint density at radius 2 is 1.96 bits per heavy atom. The lowest BCUT2D eigenvalue weighted by molar-refractivity contribution is 0.208. The second kappa shape index (κ2) is 7.23. The summed E-state index contributed by atoms with van der Waals surface area (Å²) in [5.41, 5.74) is 2.00. The van der Waals surface area contributed by atoms with E-state index in [9.17, 15) is 4.79 Å². The van der Waals surface area contributed by atoms with Crippen LogP contribution >= 0.6 is 11.6 Å². The zero-order chi connectivity index (χ0) is 18.0. The predicted molar refractivity (Wildman–Crippen MR) is 96.8 cm³/mol. The average Bonchev–Trinajstić information content (AvgIpc) is 3.02. The van der Waals surface area contributed by atoms with Gasteiger partial charge in [0.05, 0.1) is 12.8 Å². The maximum absolute atomic E-state index is 12.3. The van der Waals surface area contributed by atoms with Crippen LogP contribution in [0.3, 0.4) is 0 Å². The van der Waals surface area contributed by atoms with Crippen LogP contribution in [0.4, 0.5) is 16.3 Å². The molecule has 0 bridgehead atoms. The first kappa shape index (κ1) is 17.4. The van der Waals surface area contributed by atoms with Crippen LogP contribution in [0.1, 0.15) is 11.3 Å². The van der Waals surface area contributed by atoms with E-state index >= 15 is 0 Å². The van der Waals surface area contributed by atoms with Crippen LogP contribution in [-0.2, 0) is 0 Å². The molecule has 1 fully saturated rings. The van der Waals surface area contributed by atoms with Crippen LogP contribution in [0.25, 0.3) is 0 Å². The number of aryl methyl sites for hydroxylation is 2. The summed E-state index contributed by atoms with van der Waals surface area (Å²) in [6.45, 7) is 6.38. The number of aromatic nitrogens is 1. The zero-order valence-corrected chi connectivity index (χ0v) is 15.3. The largest absolute Gasteiger partial charge is 0.495 e. The molecule has 2 aromatic rings. The van der Waals surface area contributed by atoms with Gasteiger partial charge in [0.2, 0.25) is 0 Å². The molecule has 1 aliphatic rings. The maximum atomic E-state index is 12.3. The smallest absolute Gasteiger partial charge is 0.323 e. The van der Waals surface area contributed by atoms with Crippen molar-refractivity contribution in [3.63, 3.8) is 0 Å². The van der Waals surface area contributed by atoms with Crippen molar-refractivity contribution in [1.82, 2.24) is 10.1 Å². The summed E-state index contributed by atoms with van der Waals surface area (Å²) >= 11 is 6.17. The molecular formula is C17H21ClN4O3. The number of hydrogen-bond donors (Lipinski definition) is 1. The summed E-state index contributed by atoms with van der Waals surface area (Å²) in [4.78, 5) is 16.3. The first-order valence-corrected chi connectivity index (χ1v) is 8.44. The Morgan fingerprint density at radius 1 is 1.24 bits per heavy atom. The molecule has 3 rings (SSSR count). The number of rotatable bonds is 3. The predicted octanol–water partition coefficient (Wildman–Crippen LogP) is 3.31. The van der Waals surface area contributed by atoms with Crippen LogP contribution in [0.15, 0.2) is 22.7 Å². The number of ether oxygens (including phenoxy) is 1. The monoisotopic (exact) mass is 364 g/mol. The Labute approximate surface area is 151 Å². The number of halogens is 1. The highest BCUT2D eigenvalue weighted by Crippen LogP contribution is 2.34. The van der Waals surface area contributed by atoms with E-state index in [2.05, 4.69) is 15.4 Å². The van der Waals surface area contributed by atoms with Gasteiger partial charge in [-0.25, -0.2) is 4.79 Å². The Balaban J connectivity index is 1.64. The number of methoxy groups -OCH3 is 1. The van der Waals surface area contributed by atoms with E-state index in [1.165, 1.54) is 0 Å². The fraction of sp³-hybridized carbons (Fsp3) is 0.412. The molecular weight excluding hydrogens is 344 g/mol. The summed E-state index contributed by atoms with van der Waals surface area (Å²) in [6.07, 6.45) is 0. The minimum atomic E-state index is -0.174. The molecule has 1 aromatic heterocycles. The highest BCUT2D eigenvalue weighted by Gasteiger charge is 2.24. The fourth-order valence-corrected chi connectivity index (χ4v) is 2.98. The van der Waals surface area contributed by atoms with Crippen molar-refractivity contribution in [2.24, 2.45) is 0 Å². The molecule has 1 aliphatic heterocycles. The SMILES string of the molecule is COc1cc(Cl)c(C)cc1N1CCN(C(=O)Nc2cc(C)on2)CC1. The van der Waals surface area contributed by atoms with Gasteiger partial charge >= 0.3 is 6.03 Å². The second-order valence-electron chi connectivity index (χ2n) is 6.00. The first-order chi connectivity index (χ1) is 12.0.